The Morgan fingerprint density at radius 1 is 0.842 bits per heavy atom. The fourth-order valence-electron chi connectivity index (χ4n) is 5.30. The van der Waals surface area contributed by atoms with Crippen LogP contribution in [0.25, 0.3) is 0 Å². The molecule has 0 amide bonds. The van der Waals surface area contributed by atoms with E-state index in [0.717, 1.165) is 6.42 Å². The summed E-state index contributed by atoms with van der Waals surface area (Å²) in [7, 11) is 0. The first-order valence-electron chi connectivity index (χ1n) is 6.25. The number of epoxide rings is 1. The SMILES string of the molecule is ClC1=C(Cl)C2(Cl)C3C4CC(C3C1(Cl)C2(Cl)Cl)[C@H]1O[C@@H]41. The van der Waals surface area contributed by atoms with Crippen LogP contribution in [-0.4, -0.2) is 26.3 Å². The van der Waals surface area contributed by atoms with E-state index in [4.69, 9.17) is 74.3 Å². The van der Waals surface area contributed by atoms with Crippen LogP contribution in [0.3, 0.4) is 0 Å². The average molecular weight is 381 g/mol. The summed E-state index contributed by atoms with van der Waals surface area (Å²) in [5, 5.41) is 0.642. The van der Waals surface area contributed by atoms with Gasteiger partial charge in [-0.2, -0.15) is 0 Å². The standard InChI is InChI=1S/C12H8Cl6O/c13-8-9(14)11(16)5-3-1-2(6-7(3)19-6)4(5)10(8,15)12(11,17)18/h2-7H,1H2/t2?,3?,4?,5?,6-,7+,10?,11?. The summed E-state index contributed by atoms with van der Waals surface area (Å²) in [4.78, 5) is -2.17. The average Bonchev–Trinajstić information content (AvgIpc) is 2.91. The van der Waals surface area contributed by atoms with Crippen LogP contribution in [-0.2, 0) is 4.74 Å². The molecule has 1 aliphatic heterocycles. The zero-order valence-electron chi connectivity index (χ0n) is 9.35. The van der Waals surface area contributed by atoms with E-state index < -0.39 is 14.1 Å². The monoisotopic (exact) mass is 378 g/mol. The van der Waals surface area contributed by atoms with Crippen molar-refractivity contribution >= 4 is 69.6 Å². The topological polar surface area (TPSA) is 12.5 Å². The minimum atomic E-state index is -1.37. The molecule has 0 spiro atoms. The third-order valence-corrected chi connectivity index (χ3v) is 10.2. The van der Waals surface area contributed by atoms with Crippen LogP contribution in [0.4, 0.5) is 0 Å². The predicted octanol–water partition coefficient (Wildman–Crippen LogP) is 4.48. The quantitative estimate of drug-likeness (QED) is 0.343. The lowest BCUT2D eigenvalue weighted by Gasteiger charge is -2.38. The van der Waals surface area contributed by atoms with Gasteiger partial charge in [0.15, 0.2) is 4.33 Å². The molecule has 5 rings (SSSR count). The highest BCUT2D eigenvalue weighted by Crippen LogP contribution is 2.84. The van der Waals surface area contributed by atoms with Crippen LogP contribution in [0.2, 0.25) is 0 Å². The predicted molar refractivity (Wildman–Crippen MR) is 77.6 cm³/mol. The maximum atomic E-state index is 6.82. The van der Waals surface area contributed by atoms with E-state index >= 15 is 0 Å². The van der Waals surface area contributed by atoms with Crippen molar-refractivity contribution in [3.05, 3.63) is 10.1 Å². The molecule has 5 aliphatic rings. The Labute approximate surface area is 140 Å². The molecule has 8 atom stereocenters. The first kappa shape index (κ1) is 12.9. The van der Waals surface area contributed by atoms with Gasteiger partial charge in [0, 0.05) is 0 Å². The van der Waals surface area contributed by atoms with E-state index in [1.165, 1.54) is 0 Å². The molecule has 3 saturated carbocycles. The van der Waals surface area contributed by atoms with Crippen molar-refractivity contribution in [3.63, 3.8) is 0 Å². The van der Waals surface area contributed by atoms with E-state index in [0.29, 0.717) is 21.9 Å². The van der Waals surface area contributed by atoms with Gasteiger partial charge in [0.25, 0.3) is 0 Å². The number of rotatable bonds is 0. The van der Waals surface area contributed by atoms with Crippen LogP contribution in [0.15, 0.2) is 10.1 Å². The van der Waals surface area contributed by atoms with Gasteiger partial charge >= 0.3 is 0 Å². The summed E-state index contributed by atoms with van der Waals surface area (Å²) in [5.74, 6) is 0.776. The minimum Gasteiger partial charge on any atom is -0.369 e. The molecule has 7 heteroatoms. The summed E-state index contributed by atoms with van der Waals surface area (Å²) in [5.41, 5.74) is 0. The lowest BCUT2D eigenvalue weighted by molar-refractivity contribution is 0.237. The van der Waals surface area contributed by atoms with Crippen molar-refractivity contribution in [3.8, 4) is 0 Å². The maximum Gasteiger partial charge on any atom is 0.166 e. The van der Waals surface area contributed by atoms with E-state index in [2.05, 4.69) is 0 Å². The van der Waals surface area contributed by atoms with Gasteiger partial charge in [0.2, 0.25) is 0 Å². The lowest BCUT2D eigenvalue weighted by Crippen LogP contribution is -2.46. The van der Waals surface area contributed by atoms with Gasteiger partial charge in [-0.3, -0.25) is 0 Å². The molecule has 1 heterocycles. The number of halogens is 6. The zero-order valence-corrected chi connectivity index (χ0v) is 13.9. The number of ether oxygens (including phenoxy) is 1. The number of hydrogen-bond donors (Lipinski definition) is 0. The second-order valence-electron chi connectivity index (χ2n) is 6.31. The molecular weight excluding hydrogens is 373 g/mol. The number of hydrogen-bond acceptors (Lipinski definition) is 1. The molecule has 0 radical (unpaired) electrons. The highest BCUT2D eigenvalue weighted by Gasteiger charge is 2.89. The van der Waals surface area contributed by atoms with E-state index in [9.17, 15) is 0 Å². The van der Waals surface area contributed by atoms with Crippen molar-refractivity contribution in [2.24, 2.45) is 23.7 Å². The number of allylic oxidation sites excluding steroid dienone is 2. The summed E-state index contributed by atoms with van der Waals surface area (Å²) in [6, 6.07) is 0. The smallest absolute Gasteiger partial charge is 0.166 e. The Bertz CT molecular complexity index is 516. The van der Waals surface area contributed by atoms with Gasteiger partial charge in [-0.1, -0.05) is 46.4 Å². The molecular formula is C12H8Cl6O. The van der Waals surface area contributed by atoms with Crippen molar-refractivity contribution < 1.29 is 4.74 Å². The molecule has 0 aromatic heterocycles. The normalized spacial score (nSPS) is 66.6. The number of fused-ring (bicyclic) bond motifs is 12. The molecule has 1 saturated heterocycles. The second-order valence-corrected chi connectivity index (χ2v) is 9.58. The van der Waals surface area contributed by atoms with Crippen molar-refractivity contribution in [2.45, 2.75) is 32.7 Å². The van der Waals surface area contributed by atoms with Crippen molar-refractivity contribution in [1.82, 2.24) is 0 Å². The third-order valence-electron chi connectivity index (χ3n) is 5.92. The molecule has 0 aromatic rings. The summed E-state index contributed by atoms with van der Waals surface area (Å²) in [6.45, 7) is 0. The minimum absolute atomic E-state index is 0.0467. The van der Waals surface area contributed by atoms with Gasteiger partial charge in [-0.05, 0) is 30.1 Å². The molecule has 4 bridgehead atoms. The zero-order chi connectivity index (χ0) is 13.5. The van der Waals surface area contributed by atoms with Crippen LogP contribution in [0, 0.1) is 23.7 Å². The Balaban J connectivity index is 1.80. The Hall–Kier alpha value is 1.44. The van der Waals surface area contributed by atoms with Crippen molar-refractivity contribution in [1.29, 1.82) is 0 Å². The first-order valence-corrected chi connectivity index (χ1v) is 8.52. The molecule has 4 fully saturated rings. The fourth-order valence-corrected chi connectivity index (χ4v) is 8.43. The van der Waals surface area contributed by atoms with Gasteiger partial charge in [0.1, 0.15) is 9.75 Å². The maximum absolute atomic E-state index is 6.82. The van der Waals surface area contributed by atoms with E-state index in [-0.39, 0.29) is 24.0 Å². The Morgan fingerprint density at radius 2 is 1.26 bits per heavy atom. The third kappa shape index (κ3) is 0.986. The largest absolute Gasteiger partial charge is 0.369 e. The molecule has 6 unspecified atom stereocenters. The molecule has 104 valence electrons. The summed E-state index contributed by atoms with van der Waals surface area (Å²) >= 11 is 39.5. The van der Waals surface area contributed by atoms with Crippen molar-refractivity contribution in [2.75, 3.05) is 0 Å². The molecule has 4 aliphatic carbocycles. The van der Waals surface area contributed by atoms with E-state index in [1.807, 2.05) is 0 Å². The molecule has 1 nitrogen and oxygen atoms in total. The van der Waals surface area contributed by atoms with Crippen LogP contribution in [0.5, 0.6) is 0 Å². The Kier molecular flexibility index (Phi) is 2.18. The van der Waals surface area contributed by atoms with Crippen LogP contribution >= 0.6 is 69.6 Å². The van der Waals surface area contributed by atoms with Gasteiger partial charge in [0.05, 0.1) is 22.3 Å². The molecule has 19 heavy (non-hydrogen) atoms. The van der Waals surface area contributed by atoms with E-state index in [1.54, 1.807) is 0 Å². The van der Waals surface area contributed by atoms with Gasteiger partial charge in [-0.15, -0.1) is 23.2 Å². The number of alkyl halides is 4. The van der Waals surface area contributed by atoms with Crippen LogP contribution in [0.1, 0.15) is 6.42 Å². The summed E-state index contributed by atoms with van der Waals surface area (Å²) in [6.07, 6.45) is 1.63. The fraction of sp³-hybridized carbons (Fsp3) is 0.833. The summed E-state index contributed by atoms with van der Waals surface area (Å²) < 4.78 is 4.35. The van der Waals surface area contributed by atoms with Crippen LogP contribution < -0.4 is 0 Å². The second kappa shape index (κ2) is 3.20. The lowest BCUT2D eigenvalue weighted by atomic mass is 9.73. The highest BCUT2D eigenvalue weighted by molar-refractivity contribution is 6.65. The van der Waals surface area contributed by atoms with Gasteiger partial charge < -0.3 is 4.74 Å². The Morgan fingerprint density at radius 3 is 1.68 bits per heavy atom. The highest BCUT2D eigenvalue weighted by atomic mass is 35.5. The molecule has 0 N–H and O–H groups in total. The van der Waals surface area contributed by atoms with Gasteiger partial charge in [-0.25, -0.2) is 0 Å². The first-order chi connectivity index (χ1) is 8.78. The molecule has 0 aromatic carbocycles.